The fourth-order valence-electron chi connectivity index (χ4n) is 1.67. The van der Waals surface area contributed by atoms with Crippen LogP contribution in [0.15, 0.2) is 18.2 Å². The number of methoxy groups -OCH3 is 1. The molecule has 1 radical (unpaired) electrons. The van der Waals surface area contributed by atoms with E-state index in [-0.39, 0.29) is 0 Å². The molecule has 0 saturated heterocycles. The van der Waals surface area contributed by atoms with Crippen LogP contribution in [0.5, 0.6) is 5.75 Å². The van der Waals surface area contributed by atoms with Gasteiger partial charge in [0, 0.05) is 0 Å². The fourth-order valence-corrected chi connectivity index (χ4v) is 1.67. The predicted molar refractivity (Wildman–Crippen MR) is 60.6 cm³/mol. The zero-order valence-corrected chi connectivity index (χ0v) is 9.34. The van der Waals surface area contributed by atoms with E-state index in [1.165, 1.54) is 24.0 Å². The summed E-state index contributed by atoms with van der Waals surface area (Å²) in [4.78, 5) is 0. The van der Waals surface area contributed by atoms with Gasteiger partial charge in [0.25, 0.3) is 0 Å². The standard InChI is InChI=1S/C13H19O/c1-4-5-6-9-12-11(2)8-7-10-13(12)14-3/h4,7-8,10H,5-6,9H2,1-3H3. The molecule has 0 aliphatic carbocycles. The van der Waals surface area contributed by atoms with E-state index in [2.05, 4.69) is 26.3 Å². The van der Waals surface area contributed by atoms with Crippen LogP contribution < -0.4 is 4.74 Å². The molecule has 77 valence electrons. The van der Waals surface area contributed by atoms with Crippen molar-refractivity contribution in [3.05, 3.63) is 35.7 Å². The van der Waals surface area contributed by atoms with Crippen LogP contribution in [-0.2, 0) is 6.42 Å². The Balaban J connectivity index is 2.72. The van der Waals surface area contributed by atoms with Gasteiger partial charge in [-0.1, -0.05) is 25.5 Å². The van der Waals surface area contributed by atoms with Gasteiger partial charge < -0.3 is 4.74 Å². The molecule has 1 nitrogen and oxygen atoms in total. The third-order valence-corrected chi connectivity index (χ3v) is 2.51. The lowest BCUT2D eigenvalue weighted by Crippen LogP contribution is -1.95. The lowest BCUT2D eigenvalue weighted by atomic mass is 10.0. The molecule has 0 heterocycles. The van der Waals surface area contributed by atoms with E-state index in [0.29, 0.717) is 0 Å². The quantitative estimate of drug-likeness (QED) is 0.647. The average molecular weight is 191 g/mol. The molecule has 0 amide bonds. The number of ether oxygens (including phenoxy) is 1. The average Bonchev–Trinajstić information content (AvgIpc) is 2.20. The molecule has 14 heavy (non-hydrogen) atoms. The van der Waals surface area contributed by atoms with E-state index in [9.17, 15) is 0 Å². The second-order valence-electron chi connectivity index (χ2n) is 3.56. The molecular formula is C13H19O. The SMILES string of the molecule is C[CH]CCCc1c(C)cccc1OC. The van der Waals surface area contributed by atoms with Gasteiger partial charge in [-0.3, -0.25) is 0 Å². The van der Waals surface area contributed by atoms with Gasteiger partial charge in [-0.15, -0.1) is 0 Å². The first-order valence-corrected chi connectivity index (χ1v) is 5.20. The van der Waals surface area contributed by atoms with Crippen LogP contribution in [0, 0.1) is 13.3 Å². The smallest absolute Gasteiger partial charge is 0.122 e. The zero-order chi connectivity index (χ0) is 10.4. The lowest BCUT2D eigenvalue weighted by molar-refractivity contribution is 0.408. The van der Waals surface area contributed by atoms with Crippen LogP contribution in [0.4, 0.5) is 0 Å². The second-order valence-corrected chi connectivity index (χ2v) is 3.56. The Labute approximate surface area is 87.1 Å². The molecule has 0 saturated carbocycles. The monoisotopic (exact) mass is 191 g/mol. The van der Waals surface area contributed by atoms with Crippen LogP contribution >= 0.6 is 0 Å². The number of aryl methyl sites for hydroxylation is 1. The summed E-state index contributed by atoms with van der Waals surface area (Å²) < 4.78 is 5.35. The topological polar surface area (TPSA) is 9.23 Å². The van der Waals surface area contributed by atoms with Gasteiger partial charge in [0.2, 0.25) is 0 Å². The molecule has 0 N–H and O–H groups in total. The highest BCUT2D eigenvalue weighted by Crippen LogP contribution is 2.23. The van der Waals surface area contributed by atoms with E-state index in [1.54, 1.807) is 7.11 Å². The molecule has 0 fully saturated rings. The first-order chi connectivity index (χ1) is 6.79. The van der Waals surface area contributed by atoms with Crippen molar-refractivity contribution in [2.75, 3.05) is 7.11 Å². The summed E-state index contributed by atoms with van der Waals surface area (Å²) >= 11 is 0. The van der Waals surface area contributed by atoms with Crippen molar-refractivity contribution in [2.45, 2.75) is 33.1 Å². The molecule has 0 aliphatic rings. The Kier molecular flexibility index (Phi) is 4.51. The van der Waals surface area contributed by atoms with Gasteiger partial charge in [0.05, 0.1) is 7.11 Å². The minimum absolute atomic E-state index is 1.03. The maximum atomic E-state index is 5.35. The molecular weight excluding hydrogens is 172 g/mol. The van der Waals surface area contributed by atoms with Crippen LogP contribution in [0.25, 0.3) is 0 Å². The molecule has 0 bridgehead atoms. The minimum Gasteiger partial charge on any atom is -0.496 e. The van der Waals surface area contributed by atoms with Crippen molar-refractivity contribution in [1.29, 1.82) is 0 Å². The van der Waals surface area contributed by atoms with E-state index < -0.39 is 0 Å². The largest absolute Gasteiger partial charge is 0.496 e. The van der Waals surface area contributed by atoms with E-state index in [0.717, 1.165) is 12.2 Å². The van der Waals surface area contributed by atoms with E-state index in [1.807, 2.05) is 12.1 Å². The zero-order valence-electron chi connectivity index (χ0n) is 9.34. The highest BCUT2D eigenvalue weighted by molar-refractivity contribution is 5.39. The summed E-state index contributed by atoms with van der Waals surface area (Å²) in [6.07, 6.45) is 5.71. The molecule has 0 aliphatic heterocycles. The van der Waals surface area contributed by atoms with Gasteiger partial charge in [0.1, 0.15) is 5.75 Å². The van der Waals surface area contributed by atoms with Crippen LogP contribution in [0.3, 0.4) is 0 Å². The molecule has 0 atom stereocenters. The summed E-state index contributed by atoms with van der Waals surface area (Å²) in [5.41, 5.74) is 2.69. The summed E-state index contributed by atoms with van der Waals surface area (Å²) in [6, 6.07) is 6.23. The van der Waals surface area contributed by atoms with Crippen molar-refractivity contribution in [3.63, 3.8) is 0 Å². The van der Waals surface area contributed by atoms with Crippen LogP contribution in [0.2, 0.25) is 0 Å². The van der Waals surface area contributed by atoms with Crippen molar-refractivity contribution in [2.24, 2.45) is 0 Å². The third kappa shape index (κ3) is 2.76. The Morgan fingerprint density at radius 2 is 2.14 bits per heavy atom. The Hall–Kier alpha value is -0.980. The molecule has 1 heteroatoms. The Morgan fingerprint density at radius 3 is 2.79 bits per heavy atom. The van der Waals surface area contributed by atoms with Gasteiger partial charge in [-0.25, -0.2) is 0 Å². The lowest BCUT2D eigenvalue weighted by Gasteiger charge is -2.10. The van der Waals surface area contributed by atoms with Gasteiger partial charge >= 0.3 is 0 Å². The third-order valence-electron chi connectivity index (χ3n) is 2.51. The van der Waals surface area contributed by atoms with Gasteiger partial charge in [-0.05, 0) is 43.4 Å². The fraction of sp³-hybridized carbons (Fsp3) is 0.462. The molecule has 0 unspecified atom stereocenters. The highest BCUT2D eigenvalue weighted by Gasteiger charge is 2.04. The molecule has 0 spiro atoms. The second kappa shape index (κ2) is 5.69. The minimum atomic E-state index is 1.03. The van der Waals surface area contributed by atoms with E-state index >= 15 is 0 Å². The van der Waals surface area contributed by atoms with Crippen molar-refractivity contribution in [1.82, 2.24) is 0 Å². The molecule has 1 rings (SSSR count). The summed E-state index contributed by atoms with van der Waals surface area (Å²) in [5.74, 6) is 1.03. The number of rotatable bonds is 5. The van der Waals surface area contributed by atoms with Gasteiger partial charge in [0.15, 0.2) is 0 Å². The number of benzene rings is 1. The summed E-state index contributed by atoms with van der Waals surface area (Å²) in [6.45, 7) is 4.25. The van der Waals surface area contributed by atoms with Crippen molar-refractivity contribution < 1.29 is 4.74 Å². The number of unbranched alkanes of at least 4 members (excludes halogenated alkanes) is 2. The van der Waals surface area contributed by atoms with E-state index in [4.69, 9.17) is 4.74 Å². The van der Waals surface area contributed by atoms with Crippen LogP contribution in [0.1, 0.15) is 30.9 Å². The molecule has 0 aromatic heterocycles. The number of hydrogen-bond donors (Lipinski definition) is 0. The molecule has 1 aromatic rings. The summed E-state index contributed by atoms with van der Waals surface area (Å²) in [7, 11) is 1.74. The molecule has 1 aromatic carbocycles. The van der Waals surface area contributed by atoms with Crippen LogP contribution in [-0.4, -0.2) is 7.11 Å². The predicted octanol–water partition coefficient (Wildman–Crippen LogP) is 3.55. The Morgan fingerprint density at radius 1 is 1.36 bits per heavy atom. The first-order valence-electron chi connectivity index (χ1n) is 5.20. The van der Waals surface area contributed by atoms with Crippen molar-refractivity contribution in [3.8, 4) is 5.75 Å². The maximum Gasteiger partial charge on any atom is 0.122 e. The van der Waals surface area contributed by atoms with Gasteiger partial charge in [-0.2, -0.15) is 0 Å². The number of hydrogen-bond acceptors (Lipinski definition) is 1. The Bertz CT molecular complexity index is 279. The maximum absolute atomic E-state index is 5.35. The highest BCUT2D eigenvalue weighted by atomic mass is 16.5. The normalized spacial score (nSPS) is 10.2. The van der Waals surface area contributed by atoms with Crippen molar-refractivity contribution >= 4 is 0 Å². The summed E-state index contributed by atoms with van der Waals surface area (Å²) in [5, 5.41) is 0. The first kappa shape index (κ1) is 11.1.